The van der Waals surface area contributed by atoms with Crippen molar-refractivity contribution in [2.45, 2.75) is 59.3 Å². The van der Waals surface area contributed by atoms with Crippen molar-refractivity contribution >= 4 is 0 Å². The molecule has 0 aliphatic rings. The summed E-state index contributed by atoms with van der Waals surface area (Å²) in [4.78, 5) is 0. The van der Waals surface area contributed by atoms with E-state index in [0.717, 1.165) is 6.42 Å². The molecular formula is C18H31NO2. The van der Waals surface area contributed by atoms with E-state index in [2.05, 4.69) is 50.4 Å². The number of aliphatic hydroxyl groups excluding tert-OH is 1. The molecule has 0 saturated carbocycles. The summed E-state index contributed by atoms with van der Waals surface area (Å²) in [6.45, 7) is 11.4. The van der Waals surface area contributed by atoms with E-state index in [1.165, 1.54) is 11.1 Å². The number of rotatable bonds is 9. The van der Waals surface area contributed by atoms with E-state index in [-0.39, 0.29) is 12.1 Å². The molecule has 1 rings (SSSR count). The Bertz CT molecular complexity index is 387. The quantitative estimate of drug-likeness (QED) is 0.734. The van der Waals surface area contributed by atoms with Crippen LogP contribution in [-0.4, -0.2) is 30.5 Å². The third-order valence-electron chi connectivity index (χ3n) is 3.61. The summed E-state index contributed by atoms with van der Waals surface area (Å²) in [5.74, 6) is 0.468. The third-order valence-corrected chi connectivity index (χ3v) is 3.61. The maximum Gasteiger partial charge on any atom is 0.0898 e. The average Bonchev–Trinajstić information content (AvgIpc) is 2.45. The summed E-state index contributed by atoms with van der Waals surface area (Å²) < 4.78 is 5.44. The fraction of sp³-hybridized carbons (Fsp3) is 0.667. The number of aliphatic hydroxyl groups is 1. The highest BCUT2D eigenvalue weighted by Crippen LogP contribution is 2.22. The van der Waals surface area contributed by atoms with Crippen molar-refractivity contribution in [3.05, 3.63) is 35.4 Å². The van der Waals surface area contributed by atoms with Gasteiger partial charge in [-0.15, -0.1) is 0 Å². The Morgan fingerprint density at radius 2 is 1.71 bits per heavy atom. The van der Waals surface area contributed by atoms with E-state index >= 15 is 0 Å². The van der Waals surface area contributed by atoms with Crippen molar-refractivity contribution in [2.75, 3.05) is 13.2 Å². The van der Waals surface area contributed by atoms with Crippen LogP contribution in [0.4, 0.5) is 0 Å². The zero-order valence-electron chi connectivity index (χ0n) is 14.1. The molecule has 0 aliphatic heterocycles. The van der Waals surface area contributed by atoms with Crippen LogP contribution >= 0.6 is 0 Å². The predicted molar refractivity (Wildman–Crippen MR) is 88.5 cm³/mol. The summed E-state index contributed by atoms with van der Waals surface area (Å²) in [6, 6.07) is 9.00. The van der Waals surface area contributed by atoms with Gasteiger partial charge in [0.25, 0.3) is 0 Å². The highest BCUT2D eigenvalue weighted by Gasteiger charge is 2.17. The summed E-state index contributed by atoms with van der Waals surface area (Å²) >= 11 is 0. The Hall–Kier alpha value is -0.900. The average molecular weight is 293 g/mol. The van der Waals surface area contributed by atoms with Crippen molar-refractivity contribution in [1.29, 1.82) is 0 Å². The summed E-state index contributed by atoms with van der Waals surface area (Å²) in [5, 5.41) is 13.4. The second-order valence-corrected chi connectivity index (χ2v) is 6.26. The van der Waals surface area contributed by atoms with Gasteiger partial charge >= 0.3 is 0 Å². The van der Waals surface area contributed by atoms with Crippen LogP contribution in [0, 0.1) is 5.92 Å². The van der Waals surface area contributed by atoms with Gasteiger partial charge in [0, 0.05) is 12.6 Å². The topological polar surface area (TPSA) is 41.5 Å². The lowest BCUT2D eigenvalue weighted by atomic mass is 9.94. The van der Waals surface area contributed by atoms with Crippen LogP contribution in [0.15, 0.2) is 24.3 Å². The second kappa shape index (κ2) is 9.19. The van der Waals surface area contributed by atoms with Gasteiger partial charge in [0.05, 0.1) is 18.8 Å². The van der Waals surface area contributed by atoms with Crippen molar-refractivity contribution in [1.82, 2.24) is 5.32 Å². The zero-order valence-corrected chi connectivity index (χ0v) is 14.1. The van der Waals surface area contributed by atoms with E-state index in [4.69, 9.17) is 4.74 Å². The minimum absolute atomic E-state index is 0.155. The minimum atomic E-state index is -0.469. The Labute approximate surface area is 129 Å². The lowest BCUT2D eigenvalue weighted by molar-refractivity contribution is 0.00488. The molecule has 0 bridgehead atoms. The van der Waals surface area contributed by atoms with Crippen LogP contribution in [0.3, 0.4) is 0 Å². The van der Waals surface area contributed by atoms with E-state index in [1.54, 1.807) is 0 Å². The maximum atomic E-state index is 9.97. The highest BCUT2D eigenvalue weighted by molar-refractivity contribution is 5.25. The van der Waals surface area contributed by atoms with Crippen molar-refractivity contribution in [3.63, 3.8) is 0 Å². The second-order valence-electron chi connectivity index (χ2n) is 6.26. The van der Waals surface area contributed by atoms with Crippen molar-refractivity contribution < 1.29 is 9.84 Å². The normalized spacial score (nSPS) is 14.7. The van der Waals surface area contributed by atoms with Crippen LogP contribution < -0.4 is 5.32 Å². The number of hydrogen-bond acceptors (Lipinski definition) is 3. The van der Waals surface area contributed by atoms with Gasteiger partial charge in [-0.3, -0.25) is 0 Å². The third kappa shape index (κ3) is 6.60. The maximum absolute atomic E-state index is 9.97. The first-order valence-electron chi connectivity index (χ1n) is 8.05. The van der Waals surface area contributed by atoms with E-state index in [0.29, 0.717) is 19.1 Å². The number of hydrogen-bond donors (Lipinski definition) is 2. The molecule has 1 aromatic carbocycles. The molecule has 2 unspecified atom stereocenters. The molecule has 0 aliphatic carbocycles. The predicted octanol–water partition coefficient (Wildman–Crippen LogP) is 3.32. The smallest absolute Gasteiger partial charge is 0.0898 e. The molecule has 0 heterocycles. The van der Waals surface area contributed by atoms with Gasteiger partial charge in [-0.05, 0) is 37.3 Å². The van der Waals surface area contributed by atoms with E-state index in [9.17, 15) is 5.11 Å². The van der Waals surface area contributed by atoms with Crippen molar-refractivity contribution in [3.8, 4) is 0 Å². The van der Waals surface area contributed by atoms with E-state index in [1.807, 2.05) is 13.8 Å². The molecule has 0 saturated heterocycles. The van der Waals surface area contributed by atoms with Gasteiger partial charge in [0.15, 0.2) is 0 Å². The first-order chi connectivity index (χ1) is 9.93. The Balaban J connectivity index is 2.57. The molecule has 2 atom stereocenters. The number of aryl methyl sites for hydroxylation is 1. The molecule has 0 amide bonds. The fourth-order valence-electron chi connectivity index (χ4n) is 2.32. The van der Waals surface area contributed by atoms with Gasteiger partial charge in [0.2, 0.25) is 0 Å². The molecule has 2 N–H and O–H groups in total. The number of nitrogens with one attached hydrogen (secondary N) is 1. The molecule has 120 valence electrons. The number of ether oxygens (including phenoxy) is 1. The lowest BCUT2D eigenvalue weighted by Crippen LogP contribution is -2.35. The Morgan fingerprint density at radius 1 is 1.10 bits per heavy atom. The van der Waals surface area contributed by atoms with Crippen LogP contribution in [0.2, 0.25) is 0 Å². The van der Waals surface area contributed by atoms with Crippen molar-refractivity contribution in [2.24, 2.45) is 5.92 Å². The van der Waals surface area contributed by atoms with Gasteiger partial charge in [-0.1, -0.05) is 45.0 Å². The highest BCUT2D eigenvalue weighted by atomic mass is 16.5. The molecular weight excluding hydrogens is 262 g/mol. The van der Waals surface area contributed by atoms with Gasteiger partial charge < -0.3 is 15.2 Å². The molecule has 3 heteroatoms. The van der Waals surface area contributed by atoms with Crippen LogP contribution in [0.1, 0.15) is 51.8 Å². The zero-order chi connectivity index (χ0) is 15.8. The molecule has 0 aromatic heterocycles. The Kier molecular flexibility index (Phi) is 7.94. The van der Waals surface area contributed by atoms with Gasteiger partial charge in [0.1, 0.15) is 0 Å². The molecule has 0 radical (unpaired) electrons. The summed E-state index contributed by atoms with van der Waals surface area (Å²) in [6.07, 6.45) is 0.747. The summed E-state index contributed by atoms with van der Waals surface area (Å²) in [7, 11) is 0. The molecule has 3 nitrogen and oxygen atoms in total. The SMILES string of the molecule is CCc1ccc(C(NCC(O)COC(C)C)C(C)C)cc1. The Morgan fingerprint density at radius 3 is 2.19 bits per heavy atom. The summed E-state index contributed by atoms with van der Waals surface area (Å²) in [5.41, 5.74) is 2.63. The van der Waals surface area contributed by atoms with Crippen LogP contribution in [0.5, 0.6) is 0 Å². The molecule has 1 aromatic rings. The molecule has 0 spiro atoms. The number of benzene rings is 1. The minimum Gasteiger partial charge on any atom is -0.389 e. The van der Waals surface area contributed by atoms with Gasteiger partial charge in [-0.2, -0.15) is 0 Å². The van der Waals surface area contributed by atoms with Crippen LogP contribution in [0.25, 0.3) is 0 Å². The fourth-order valence-corrected chi connectivity index (χ4v) is 2.32. The lowest BCUT2D eigenvalue weighted by Gasteiger charge is -2.25. The van der Waals surface area contributed by atoms with E-state index < -0.39 is 6.10 Å². The molecule has 21 heavy (non-hydrogen) atoms. The largest absolute Gasteiger partial charge is 0.389 e. The first-order valence-corrected chi connectivity index (χ1v) is 8.05. The molecule has 0 fully saturated rings. The standard InChI is InChI=1S/C18H31NO2/c1-6-15-7-9-16(10-8-15)18(13(2)3)19-11-17(20)12-21-14(4)5/h7-10,13-14,17-20H,6,11-12H2,1-5H3. The van der Waals surface area contributed by atoms with Gasteiger partial charge in [-0.25, -0.2) is 0 Å². The first kappa shape index (κ1) is 18.1. The monoisotopic (exact) mass is 293 g/mol. The van der Waals surface area contributed by atoms with Crippen LogP contribution in [-0.2, 0) is 11.2 Å².